The Morgan fingerprint density at radius 3 is 2.79 bits per heavy atom. The molecule has 0 bridgehead atoms. The molecular formula is C24H35N3O2. The summed E-state index contributed by atoms with van der Waals surface area (Å²) >= 11 is 0. The van der Waals surface area contributed by atoms with E-state index in [1.54, 1.807) is 7.11 Å². The van der Waals surface area contributed by atoms with Crippen molar-refractivity contribution in [2.75, 3.05) is 26.0 Å². The Morgan fingerprint density at radius 2 is 2.10 bits per heavy atom. The quantitative estimate of drug-likeness (QED) is 0.696. The molecule has 3 unspecified atom stereocenters. The average molecular weight is 398 g/mol. The number of nitrogens with two attached hydrogens (primary N) is 1. The van der Waals surface area contributed by atoms with Gasteiger partial charge in [-0.3, -0.25) is 4.79 Å². The molecule has 1 saturated carbocycles. The molecule has 2 aromatic rings. The van der Waals surface area contributed by atoms with E-state index in [4.69, 9.17) is 10.5 Å². The molecule has 5 heteroatoms. The summed E-state index contributed by atoms with van der Waals surface area (Å²) in [5, 5.41) is 4.15. The first kappa shape index (κ1) is 21.6. The van der Waals surface area contributed by atoms with Crippen LogP contribution in [0.25, 0.3) is 10.9 Å². The predicted octanol–water partition coefficient (Wildman–Crippen LogP) is 4.30. The fourth-order valence-electron chi connectivity index (χ4n) is 3.86. The minimum Gasteiger partial charge on any atom is -0.384 e. The lowest BCUT2D eigenvalue weighted by Gasteiger charge is -2.19. The molecule has 1 aliphatic carbocycles. The van der Waals surface area contributed by atoms with Gasteiger partial charge < -0.3 is 15.8 Å². The van der Waals surface area contributed by atoms with Gasteiger partial charge in [0.15, 0.2) is 0 Å². The lowest BCUT2D eigenvalue weighted by molar-refractivity contribution is -0.124. The van der Waals surface area contributed by atoms with Crippen molar-refractivity contribution in [1.29, 1.82) is 0 Å². The lowest BCUT2D eigenvalue weighted by Crippen LogP contribution is -2.32. The summed E-state index contributed by atoms with van der Waals surface area (Å²) < 4.78 is 5.29. The van der Waals surface area contributed by atoms with Crippen LogP contribution in [0.1, 0.15) is 57.6 Å². The van der Waals surface area contributed by atoms with Gasteiger partial charge in [0.1, 0.15) is 5.82 Å². The maximum Gasteiger partial charge on any atom is 0.223 e. The molecule has 5 nitrogen and oxygen atoms in total. The molecule has 1 aromatic carbocycles. The highest BCUT2D eigenvalue weighted by Crippen LogP contribution is 2.48. The maximum atomic E-state index is 12.5. The molecule has 1 amide bonds. The Hall–Kier alpha value is -2.14. The highest BCUT2D eigenvalue weighted by atomic mass is 16.5. The summed E-state index contributed by atoms with van der Waals surface area (Å²) in [5.74, 6) is 1.64. The van der Waals surface area contributed by atoms with Gasteiger partial charge in [-0.25, -0.2) is 4.98 Å². The van der Waals surface area contributed by atoms with E-state index < -0.39 is 0 Å². The fourth-order valence-corrected chi connectivity index (χ4v) is 3.86. The molecule has 0 radical (unpaired) electrons. The molecular weight excluding hydrogens is 362 g/mol. The standard InChI is InChI=1S/C24H35N3O2/c1-15(23(28)26-9-8-24(2,3)4)10-18-12-17-11-16(20-13-19(20)14-29-5)6-7-21(17)27-22(18)25/h6-7,11-12,15,19-20H,8-10,13-14H2,1-5H3,(H2,25,27)(H,26,28). The molecule has 1 fully saturated rings. The SMILES string of the molecule is COCC1CC1c1ccc2nc(N)c(CC(C)C(=O)NCCC(C)(C)C)cc2c1. The monoisotopic (exact) mass is 397 g/mol. The molecule has 0 saturated heterocycles. The number of aromatic nitrogens is 1. The Morgan fingerprint density at radius 1 is 1.34 bits per heavy atom. The third-order valence-corrected chi connectivity index (χ3v) is 5.83. The zero-order chi connectivity index (χ0) is 21.2. The van der Waals surface area contributed by atoms with Crippen LogP contribution in [0.3, 0.4) is 0 Å². The van der Waals surface area contributed by atoms with Crippen molar-refractivity contribution in [3.05, 3.63) is 35.4 Å². The van der Waals surface area contributed by atoms with Crippen LogP contribution >= 0.6 is 0 Å². The maximum absolute atomic E-state index is 12.5. The number of methoxy groups -OCH3 is 1. The highest BCUT2D eigenvalue weighted by molar-refractivity contribution is 5.83. The van der Waals surface area contributed by atoms with E-state index in [1.165, 1.54) is 12.0 Å². The number of hydrogen-bond donors (Lipinski definition) is 2. The third kappa shape index (κ3) is 5.69. The number of fused-ring (bicyclic) bond motifs is 1. The van der Waals surface area contributed by atoms with E-state index in [2.05, 4.69) is 55.3 Å². The first-order chi connectivity index (χ1) is 13.7. The lowest BCUT2D eigenvalue weighted by atomic mass is 9.92. The zero-order valence-electron chi connectivity index (χ0n) is 18.4. The Kier molecular flexibility index (Phi) is 6.47. The smallest absolute Gasteiger partial charge is 0.223 e. The summed E-state index contributed by atoms with van der Waals surface area (Å²) in [6.07, 6.45) is 2.73. The highest BCUT2D eigenvalue weighted by Gasteiger charge is 2.38. The Balaban J connectivity index is 1.68. The molecule has 1 aliphatic rings. The van der Waals surface area contributed by atoms with Gasteiger partial charge in [0.2, 0.25) is 5.91 Å². The summed E-state index contributed by atoms with van der Waals surface area (Å²) in [4.78, 5) is 17.1. The molecule has 3 N–H and O–H groups in total. The number of nitrogens with one attached hydrogen (secondary N) is 1. The summed E-state index contributed by atoms with van der Waals surface area (Å²) in [6, 6.07) is 8.53. The van der Waals surface area contributed by atoms with E-state index in [0.717, 1.165) is 29.5 Å². The van der Waals surface area contributed by atoms with Gasteiger partial charge in [0.05, 0.1) is 5.52 Å². The molecule has 3 atom stereocenters. The minimum atomic E-state index is -0.144. The topological polar surface area (TPSA) is 77.2 Å². The van der Waals surface area contributed by atoms with Crippen molar-refractivity contribution >= 4 is 22.6 Å². The van der Waals surface area contributed by atoms with Crippen LogP contribution in [-0.2, 0) is 16.0 Å². The second kappa shape index (κ2) is 8.70. The van der Waals surface area contributed by atoms with Crippen molar-refractivity contribution < 1.29 is 9.53 Å². The molecule has 3 rings (SSSR count). The first-order valence-corrected chi connectivity index (χ1v) is 10.6. The molecule has 0 spiro atoms. The van der Waals surface area contributed by atoms with Gasteiger partial charge >= 0.3 is 0 Å². The molecule has 29 heavy (non-hydrogen) atoms. The molecule has 0 aliphatic heterocycles. The number of pyridine rings is 1. The number of benzene rings is 1. The first-order valence-electron chi connectivity index (χ1n) is 10.6. The number of hydrogen-bond acceptors (Lipinski definition) is 4. The normalized spacial score (nSPS) is 19.9. The van der Waals surface area contributed by atoms with Crippen LogP contribution in [0.5, 0.6) is 0 Å². The van der Waals surface area contributed by atoms with Crippen molar-refractivity contribution in [3.8, 4) is 0 Å². The third-order valence-electron chi connectivity index (χ3n) is 5.83. The van der Waals surface area contributed by atoms with Crippen LogP contribution in [0.2, 0.25) is 0 Å². The van der Waals surface area contributed by atoms with Gasteiger partial charge in [-0.2, -0.15) is 0 Å². The summed E-state index contributed by atoms with van der Waals surface area (Å²) in [6.45, 7) is 10.00. The number of nitrogens with zero attached hydrogens (tertiary/aromatic N) is 1. The summed E-state index contributed by atoms with van der Waals surface area (Å²) in [7, 11) is 1.76. The number of nitrogen functional groups attached to an aromatic ring is 1. The number of carbonyl (C=O) groups excluding carboxylic acids is 1. The Bertz CT molecular complexity index is 872. The molecule has 158 valence electrons. The van der Waals surface area contributed by atoms with Gasteiger partial charge in [-0.15, -0.1) is 0 Å². The van der Waals surface area contributed by atoms with Crippen molar-refractivity contribution in [2.24, 2.45) is 17.3 Å². The van der Waals surface area contributed by atoms with Crippen molar-refractivity contribution in [1.82, 2.24) is 10.3 Å². The molecule has 1 aromatic heterocycles. The number of rotatable bonds is 8. The van der Waals surface area contributed by atoms with E-state index in [0.29, 0.717) is 30.6 Å². The number of anilines is 1. The largest absolute Gasteiger partial charge is 0.384 e. The van der Waals surface area contributed by atoms with E-state index >= 15 is 0 Å². The van der Waals surface area contributed by atoms with Crippen LogP contribution in [0.4, 0.5) is 5.82 Å². The van der Waals surface area contributed by atoms with Crippen molar-refractivity contribution in [3.63, 3.8) is 0 Å². The van der Waals surface area contributed by atoms with E-state index in [9.17, 15) is 4.79 Å². The second-order valence-electron chi connectivity index (χ2n) is 9.75. The van der Waals surface area contributed by atoms with Crippen LogP contribution < -0.4 is 11.1 Å². The minimum absolute atomic E-state index is 0.0721. The van der Waals surface area contributed by atoms with Gasteiger partial charge in [-0.1, -0.05) is 33.8 Å². The van der Waals surface area contributed by atoms with Gasteiger partial charge in [0.25, 0.3) is 0 Å². The Labute approximate surface area is 174 Å². The summed E-state index contributed by atoms with van der Waals surface area (Å²) in [5.41, 5.74) is 9.60. The number of carbonyl (C=O) groups is 1. The zero-order valence-corrected chi connectivity index (χ0v) is 18.4. The van der Waals surface area contributed by atoms with Gasteiger partial charge in [0, 0.05) is 31.6 Å². The van der Waals surface area contributed by atoms with Crippen LogP contribution in [-0.4, -0.2) is 31.2 Å². The molecule has 1 heterocycles. The van der Waals surface area contributed by atoms with E-state index in [-0.39, 0.29) is 17.2 Å². The number of amides is 1. The predicted molar refractivity (Wildman–Crippen MR) is 119 cm³/mol. The van der Waals surface area contributed by atoms with E-state index in [1.807, 2.05) is 6.92 Å². The fraction of sp³-hybridized carbons (Fsp3) is 0.583. The van der Waals surface area contributed by atoms with Crippen molar-refractivity contribution in [2.45, 2.75) is 52.9 Å². The van der Waals surface area contributed by atoms with Gasteiger partial charge in [-0.05, 0) is 65.8 Å². The van der Waals surface area contributed by atoms with Crippen LogP contribution in [0, 0.1) is 17.3 Å². The van der Waals surface area contributed by atoms with Crippen LogP contribution in [0.15, 0.2) is 24.3 Å². The average Bonchev–Trinajstić information content (AvgIpc) is 3.40. The number of ether oxygens (including phenoxy) is 1. The second-order valence-corrected chi connectivity index (χ2v) is 9.75.